The van der Waals surface area contributed by atoms with Crippen molar-refractivity contribution < 1.29 is 4.79 Å². The Hall–Kier alpha value is -2.47. The van der Waals surface area contributed by atoms with Gasteiger partial charge >= 0.3 is 0 Å². The van der Waals surface area contributed by atoms with Crippen LogP contribution in [0.4, 0.5) is 0 Å². The van der Waals surface area contributed by atoms with Gasteiger partial charge in [0.1, 0.15) is 0 Å². The molecule has 0 unspecified atom stereocenters. The van der Waals surface area contributed by atoms with Crippen LogP contribution < -0.4 is 5.73 Å². The number of amides is 1. The summed E-state index contributed by atoms with van der Waals surface area (Å²) < 4.78 is 0. The summed E-state index contributed by atoms with van der Waals surface area (Å²) >= 11 is 6.27. The van der Waals surface area contributed by atoms with Gasteiger partial charge in [0.15, 0.2) is 0 Å². The van der Waals surface area contributed by atoms with Crippen LogP contribution in [0.1, 0.15) is 47.2 Å². The van der Waals surface area contributed by atoms with E-state index in [1.807, 2.05) is 41.3 Å². The Morgan fingerprint density at radius 1 is 1.06 bits per heavy atom. The molecule has 1 fully saturated rings. The number of hydrogen-bond acceptors (Lipinski definition) is 4. The molecule has 7 heteroatoms. The lowest BCUT2D eigenvalue weighted by Crippen LogP contribution is -2.48. The van der Waals surface area contributed by atoms with E-state index >= 15 is 0 Å². The molecule has 0 atom stereocenters. The third kappa shape index (κ3) is 5.91. The summed E-state index contributed by atoms with van der Waals surface area (Å²) in [5.41, 5.74) is 9.21. The Morgan fingerprint density at radius 2 is 1.82 bits per heavy atom. The highest BCUT2D eigenvalue weighted by atomic mass is 35.5. The van der Waals surface area contributed by atoms with E-state index in [2.05, 4.69) is 28.4 Å². The van der Waals surface area contributed by atoms with Crippen molar-refractivity contribution in [1.29, 1.82) is 0 Å². The maximum Gasteiger partial charge on any atom is 0.255 e. The SMILES string of the molecule is Cl.NC[C@]1(c2cccc(Cl)c2)CC[C@H](N(CCc2ccccc2)C(=O)c2ccnnc2)CC1. The molecule has 1 saturated carbocycles. The van der Waals surface area contributed by atoms with Crippen LogP contribution in [0.25, 0.3) is 0 Å². The number of carbonyl (C=O) groups is 1. The van der Waals surface area contributed by atoms with Gasteiger partial charge in [-0.05, 0) is 61.4 Å². The molecule has 3 aromatic rings. The highest BCUT2D eigenvalue weighted by Crippen LogP contribution is 2.41. The molecule has 1 heterocycles. The third-order valence-corrected chi connectivity index (χ3v) is 6.99. The van der Waals surface area contributed by atoms with E-state index in [1.165, 1.54) is 11.1 Å². The third-order valence-electron chi connectivity index (χ3n) is 6.76. The summed E-state index contributed by atoms with van der Waals surface area (Å²) in [5.74, 6) is 0.0174. The molecule has 4 rings (SSSR count). The van der Waals surface area contributed by atoms with Gasteiger partial charge in [-0.2, -0.15) is 10.2 Å². The van der Waals surface area contributed by atoms with Crippen molar-refractivity contribution in [3.05, 3.63) is 94.8 Å². The summed E-state index contributed by atoms with van der Waals surface area (Å²) in [7, 11) is 0. The van der Waals surface area contributed by atoms with Crippen LogP contribution in [0.15, 0.2) is 73.1 Å². The van der Waals surface area contributed by atoms with Crippen LogP contribution in [0.5, 0.6) is 0 Å². The molecule has 1 amide bonds. The Morgan fingerprint density at radius 3 is 2.45 bits per heavy atom. The summed E-state index contributed by atoms with van der Waals surface area (Å²) in [6.45, 7) is 1.24. The molecule has 2 N–H and O–H groups in total. The van der Waals surface area contributed by atoms with Gasteiger partial charge in [0, 0.05) is 29.6 Å². The van der Waals surface area contributed by atoms with E-state index in [0.29, 0.717) is 18.7 Å². The molecule has 1 aliphatic carbocycles. The van der Waals surface area contributed by atoms with Crippen molar-refractivity contribution in [2.24, 2.45) is 5.73 Å². The minimum absolute atomic E-state index is 0. The van der Waals surface area contributed by atoms with E-state index in [0.717, 1.165) is 37.1 Å². The second-order valence-electron chi connectivity index (χ2n) is 8.59. The topological polar surface area (TPSA) is 72.1 Å². The molecule has 1 aliphatic rings. The average molecular weight is 485 g/mol. The number of benzene rings is 2. The quantitative estimate of drug-likeness (QED) is 0.507. The largest absolute Gasteiger partial charge is 0.335 e. The number of aromatic nitrogens is 2. The second-order valence-corrected chi connectivity index (χ2v) is 9.03. The molecular formula is C26H30Cl2N4O. The van der Waals surface area contributed by atoms with Gasteiger partial charge in [0.05, 0.1) is 18.0 Å². The van der Waals surface area contributed by atoms with Crippen LogP contribution >= 0.6 is 24.0 Å². The lowest BCUT2D eigenvalue weighted by atomic mass is 9.68. The number of carbonyl (C=O) groups excluding carboxylic acids is 1. The number of halogens is 2. The predicted molar refractivity (Wildman–Crippen MR) is 135 cm³/mol. The lowest BCUT2D eigenvalue weighted by Gasteiger charge is -2.43. The van der Waals surface area contributed by atoms with Gasteiger partial charge in [-0.15, -0.1) is 12.4 Å². The first-order valence-corrected chi connectivity index (χ1v) is 11.6. The summed E-state index contributed by atoms with van der Waals surface area (Å²) in [6.07, 6.45) is 7.61. The molecule has 33 heavy (non-hydrogen) atoms. The zero-order valence-corrected chi connectivity index (χ0v) is 20.1. The maximum absolute atomic E-state index is 13.4. The van der Waals surface area contributed by atoms with E-state index in [9.17, 15) is 4.79 Å². The Balaban J connectivity index is 0.00000306. The van der Waals surface area contributed by atoms with Crippen molar-refractivity contribution in [1.82, 2.24) is 15.1 Å². The highest BCUT2D eigenvalue weighted by molar-refractivity contribution is 6.30. The molecule has 0 radical (unpaired) electrons. The number of nitrogens with zero attached hydrogens (tertiary/aromatic N) is 3. The zero-order valence-electron chi connectivity index (χ0n) is 18.6. The standard InChI is InChI=1S/C26H29ClN4O.ClH/c27-23-8-4-7-22(17-23)26(19-28)13-9-24(10-14-26)31(16-12-20-5-2-1-3-6-20)25(32)21-11-15-29-30-18-21;/h1-8,11,15,17-18,24H,9-10,12-14,16,19,28H2;1H/t24-,26-;. The van der Waals surface area contributed by atoms with Gasteiger partial charge in [0.2, 0.25) is 0 Å². The van der Waals surface area contributed by atoms with Crippen molar-refractivity contribution in [3.63, 3.8) is 0 Å². The first kappa shape index (κ1) is 25.2. The van der Waals surface area contributed by atoms with Gasteiger partial charge in [-0.3, -0.25) is 4.79 Å². The van der Waals surface area contributed by atoms with E-state index in [1.54, 1.807) is 18.5 Å². The van der Waals surface area contributed by atoms with E-state index < -0.39 is 0 Å². The lowest BCUT2D eigenvalue weighted by molar-refractivity contribution is 0.0597. The summed E-state index contributed by atoms with van der Waals surface area (Å²) in [6, 6.07) is 20.3. The molecular weight excluding hydrogens is 455 g/mol. The van der Waals surface area contributed by atoms with Gasteiger partial charge in [0.25, 0.3) is 5.91 Å². The molecule has 0 bridgehead atoms. The summed E-state index contributed by atoms with van der Waals surface area (Å²) in [5, 5.41) is 8.47. The first-order valence-electron chi connectivity index (χ1n) is 11.2. The molecule has 0 spiro atoms. The Labute approximate surface area is 206 Å². The smallest absolute Gasteiger partial charge is 0.255 e. The highest BCUT2D eigenvalue weighted by Gasteiger charge is 2.38. The maximum atomic E-state index is 13.4. The average Bonchev–Trinajstić information content (AvgIpc) is 2.85. The van der Waals surface area contributed by atoms with E-state index in [-0.39, 0.29) is 29.8 Å². The number of nitrogens with two attached hydrogens (primary N) is 1. The van der Waals surface area contributed by atoms with Crippen LogP contribution in [0, 0.1) is 0 Å². The fraction of sp³-hybridized carbons (Fsp3) is 0.346. The van der Waals surface area contributed by atoms with Gasteiger partial charge < -0.3 is 10.6 Å². The predicted octanol–water partition coefficient (Wildman–Crippen LogP) is 5.08. The van der Waals surface area contributed by atoms with Gasteiger partial charge in [-0.25, -0.2) is 0 Å². The second kappa shape index (κ2) is 11.6. The Bertz CT molecular complexity index is 1020. The van der Waals surface area contributed by atoms with Crippen molar-refractivity contribution >= 4 is 29.9 Å². The summed E-state index contributed by atoms with van der Waals surface area (Å²) in [4.78, 5) is 15.5. The number of rotatable bonds is 7. The molecule has 5 nitrogen and oxygen atoms in total. The zero-order chi connectivity index (χ0) is 22.4. The monoisotopic (exact) mass is 484 g/mol. The molecule has 1 aromatic heterocycles. The number of hydrogen-bond donors (Lipinski definition) is 1. The van der Waals surface area contributed by atoms with Crippen LogP contribution in [-0.2, 0) is 11.8 Å². The normalized spacial score (nSPS) is 20.0. The fourth-order valence-electron chi connectivity index (χ4n) is 4.82. The molecule has 0 aliphatic heterocycles. The molecule has 0 saturated heterocycles. The van der Waals surface area contributed by atoms with Crippen molar-refractivity contribution in [2.75, 3.05) is 13.1 Å². The van der Waals surface area contributed by atoms with Crippen LogP contribution in [0.3, 0.4) is 0 Å². The first-order chi connectivity index (χ1) is 15.6. The van der Waals surface area contributed by atoms with Crippen LogP contribution in [0.2, 0.25) is 5.02 Å². The fourth-order valence-corrected chi connectivity index (χ4v) is 5.01. The van der Waals surface area contributed by atoms with Crippen molar-refractivity contribution in [2.45, 2.75) is 43.6 Å². The molecule has 174 valence electrons. The van der Waals surface area contributed by atoms with Gasteiger partial charge in [-0.1, -0.05) is 54.1 Å². The Kier molecular flexibility index (Phi) is 8.84. The van der Waals surface area contributed by atoms with Crippen LogP contribution in [-0.4, -0.2) is 40.1 Å². The molecule has 2 aromatic carbocycles. The van der Waals surface area contributed by atoms with Crippen molar-refractivity contribution in [3.8, 4) is 0 Å². The van der Waals surface area contributed by atoms with E-state index in [4.69, 9.17) is 17.3 Å². The minimum Gasteiger partial charge on any atom is -0.335 e. The minimum atomic E-state index is -0.0895.